The normalized spacial score (nSPS) is 14.6. The van der Waals surface area contributed by atoms with Crippen LogP contribution in [0, 0.1) is 10.1 Å². The zero-order valence-corrected chi connectivity index (χ0v) is 29.3. The third kappa shape index (κ3) is 7.18. The second kappa shape index (κ2) is 15.4. The third-order valence-corrected chi connectivity index (χ3v) is 10.4. The minimum Gasteiger partial charge on any atom is -0.397 e. The SMILES string of the molecule is CN(c1ccc(-c2ccccc2-c2nn[nH]n2)cc1N)C1CCCC1.CN(c1ccc(-c2ccccc2-c2nn[nH]n2)cc1[N+](=O)[O-])C1CCCC1. The summed E-state index contributed by atoms with van der Waals surface area (Å²) in [7, 11) is 4.10. The quantitative estimate of drug-likeness (QED) is 0.0781. The summed E-state index contributed by atoms with van der Waals surface area (Å²) in [5.41, 5.74) is 14.5. The lowest BCUT2D eigenvalue weighted by atomic mass is 9.98. The fraction of sp³-hybridized carbons (Fsp3) is 0.316. The number of rotatable bonds is 9. The molecule has 0 unspecified atom stereocenters. The number of nitrogen functional groups attached to an aromatic ring is 1. The second-order valence-corrected chi connectivity index (χ2v) is 13.4. The molecule has 2 aromatic heterocycles. The molecule has 4 aromatic carbocycles. The minimum atomic E-state index is -0.304. The minimum absolute atomic E-state index is 0.116. The van der Waals surface area contributed by atoms with Crippen molar-refractivity contribution in [3.63, 3.8) is 0 Å². The van der Waals surface area contributed by atoms with Crippen molar-refractivity contribution >= 4 is 22.7 Å². The maximum Gasteiger partial charge on any atom is 0.293 e. The Hall–Kier alpha value is -6.18. The number of nitrogens with two attached hydrogens (primary N) is 1. The van der Waals surface area contributed by atoms with E-state index < -0.39 is 0 Å². The van der Waals surface area contributed by atoms with Crippen LogP contribution in [0.15, 0.2) is 84.9 Å². The van der Waals surface area contributed by atoms with Crippen LogP contribution in [-0.4, -0.2) is 72.4 Å². The zero-order chi connectivity index (χ0) is 36.0. The van der Waals surface area contributed by atoms with Crippen LogP contribution in [0.2, 0.25) is 0 Å². The Morgan fingerprint density at radius 2 is 1.10 bits per heavy atom. The Balaban J connectivity index is 0.000000162. The van der Waals surface area contributed by atoms with Crippen molar-refractivity contribution < 1.29 is 4.92 Å². The Morgan fingerprint density at radius 3 is 1.54 bits per heavy atom. The first-order valence-electron chi connectivity index (χ1n) is 17.7. The monoisotopic (exact) mass is 698 g/mol. The van der Waals surface area contributed by atoms with Crippen molar-refractivity contribution in [1.82, 2.24) is 41.2 Å². The number of H-pyrrole nitrogens is 2. The number of aromatic nitrogens is 8. The van der Waals surface area contributed by atoms with Gasteiger partial charge < -0.3 is 15.5 Å². The lowest BCUT2D eigenvalue weighted by Crippen LogP contribution is -2.29. The van der Waals surface area contributed by atoms with Crippen molar-refractivity contribution in [2.45, 2.75) is 63.5 Å². The molecule has 0 atom stereocenters. The highest BCUT2D eigenvalue weighted by molar-refractivity contribution is 5.85. The summed E-state index contributed by atoms with van der Waals surface area (Å²) in [5, 5.41) is 40.3. The molecule has 8 rings (SSSR count). The fourth-order valence-corrected chi connectivity index (χ4v) is 7.57. The molecule has 2 fully saturated rings. The van der Waals surface area contributed by atoms with E-state index in [4.69, 9.17) is 5.73 Å². The summed E-state index contributed by atoms with van der Waals surface area (Å²) in [6.45, 7) is 0. The molecule has 266 valence electrons. The van der Waals surface area contributed by atoms with Crippen LogP contribution >= 0.6 is 0 Å². The Bertz CT molecular complexity index is 2110. The lowest BCUT2D eigenvalue weighted by Gasteiger charge is -2.28. The van der Waals surface area contributed by atoms with Crippen LogP contribution in [0.25, 0.3) is 45.0 Å². The average Bonchev–Trinajstić information content (AvgIpc) is 4.03. The molecule has 4 N–H and O–H groups in total. The number of nitro benzene ring substituents is 1. The molecule has 0 aliphatic heterocycles. The molecule has 0 radical (unpaired) electrons. The van der Waals surface area contributed by atoms with Crippen LogP contribution in [-0.2, 0) is 0 Å². The van der Waals surface area contributed by atoms with E-state index in [9.17, 15) is 10.1 Å². The van der Waals surface area contributed by atoms with E-state index in [2.05, 4.69) is 76.3 Å². The van der Waals surface area contributed by atoms with Gasteiger partial charge in [-0.05, 0) is 76.6 Å². The van der Waals surface area contributed by atoms with Crippen molar-refractivity contribution in [1.29, 1.82) is 0 Å². The number of aromatic amines is 2. The van der Waals surface area contributed by atoms with Crippen molar-refractivity contribution in [3.8, 4) is 45.0 Å². The lowest BCUT2D eigenvalue weighted by molar-refractivity contribution is -0.384. The van der Waals surface area contributed by atoms with Gasteiger partial charge >= 0.3 is 0 Å². The summed E-state index contributed by atoms with van der Waals surface area (Å²) in [4.78, 5) is 15.9. The molecule has 2 aliphatic carbocycles. The fourth-order valence-electron chi connectivity index (χ4n) is 7.57. The predicted molar refractivity (Wildman–Crippen MR) is 202 cm³/mol. The standard InChI is InChI=1S/C19H20N6O2.C19H22N6/c1-24(14-6-2-3-7-14)17-11-10-13(12-18(17)25(26)27)15-8-4-5-9-16(15)19-20-22-23-21-19;1-25(14-6-2-3-7-14)18-11-10-13(12-17(18)20)15-8-4-5-9-16(15)19-21-23-24-22-19/h4-5,8-12,14H,2-3,6-7H2,1H3,(H,20,21,22,23);4-5,8-12,14H,2-3,6-7,20H2,1H3,(H,21,22,23,24). The van der Waals surface area contributed by atoms with Crippen LogP contribution < -0.4 is 15.5 Å². The summed E-state index contributed by atoms with van der Waals surface area (Å²) >= 11 is 0. The molecular formula is C38H42N12O2. The highest BCUT2D eigenvalue weighted by atomic mass is 16.6. The van der Waals surface area contributed by atoms with E-state index in [1.807, 2.05) is 67.7 Å². The van der Waals surface area contributed by atoms with Gasteiger partial charge in [0.2, 0.25) is 11.6 Å². The van der Waals surface area contributed by atoms with Gasteiger partial charge in [0.25, 0.3) is 5.69 Å². The van der Waals surface area contributed by atoms with Gasteiger partial charge in [-0.3, -0.25) is 10.1 Å². The van der Waals surface area contributed by atoms with Gasteiger partial charge in [0.15, 0.2) is 0 Å². The molecular weight excluding hydrogens is 657 g/mol. The molecule has 52 heavy (non-hydrogen) atoms. The maximum atomic E-state index is 11.8. The van der Waals surface area contributed by atoms with Crippen LogP contribution in [0.1, 0.15) is 51.4 Å². The van der Waals surface area contributed by atoms with E-state index in [0.29, 0.717) is 29.4 Å². The van der Waals surface area contributed by atoms with Crippen molar-refractivity contribution in [3.05, 3.63) is 95.0 Å². The Kier molecular flexibility index (Phi) is 10.1. The summed E-state index contributed by atoms with van der Waals surface area (Å²) in [5.74, 6) is 1.04. The number of nitrogens with zero attached hydrogens (tertiary/aromatic N) is 9. The smallest absolute Gasteiger partial charge is 0.293 e. The number of benzene rings is 4. The highest BCUT2D eigenvalue weighted by Crippen LogP contribution is 2.39. The molecule has 2 aliphatic rings. The van der Waals surface area contributed by atoms with E-state index in [-0.39, 0.29) is 10.6 Å². The molecule has 14 nitrogen and oxygen atoms in total. The molecule has 2 heterocycles. The Morgan fingerprint density at radius 1 is 0.654 bits per heavy atom. The van der Waals surface area contributed by atoms with Crippen LogP contribution in [0.4, 0.5) is 22.7 Å². The summed E-state index contributed by atoms with van der Waals surface area (Å²) in [6.07, 6.45) is 9.64. The topological polar surface area (TPSA) is 185 Å². The second-order valence-electron chi connectivity index (χ2n) is 13.4. The van der Waals surface area contributed by atoms with Gasteiger partial charge in [-0.2, -0.15) is 10.4 Å². The van der Waals surface area contributed by atoms with E-state index >= 15 is 0 Å². The van der Waals surface area contributed by atoms with Crippen LogP contribution in [0.5, 0.6) is 0 Å². The first-order chi connectivity index (χ1) is 25.4. The number of tetrazole rings is 2. The van der Waals surface area contributed by atoms with E-state index in [1.54, 1.807) is 6.07 Å². The largest absolute Gasteiger partial charge is 0.397 e. The zero-order valence-electron chi connectivity index (χ0n) is 29.3. The van der Waals surface area contributed by atoms with Gasteiger partial charge in [0, 0.05) is 43.4 Å². The maximum absolute atomic E-state index is 11.8. The summed E-state index contributed by atoms with van der Waals surface area (Å²) in [6, 6.07) is 28.2. The number of nitro groups is 1. The first kappa shape index (κ1) is 34.3. The number of hydrogen-bond donors (Lipinski definition) is 3. The van der Waals surface area contributed by atoms with Crippen molar-refractivity contribution in [2.75, 3.05) is 29.6 Å². The van der Waals surface area contributed by atoms with Gasteiger partial charge in [0.05, 0.1) is 16.3 Å². The summed E-state index contributed by atoms with van der Waals surface area (Å²) < 4.78 is 0. The molecule has 0 amide bonds. The van der Waals surface area contributed by atoms with E-state index in [0.717, 1.165) is 57.6 Å². The van der Waals surface area contributed by atoms with Crippen molar-refractivity contribution in [2.24, 2.45) is 0 Å². The van der Waals surface area contributed by atoms with Gasteiger partial charge in [-0.1, -0.05) is 86.3 Å². The van der Waals surface area contributed by atoms with Crippen LogP contribution in [0.3, 0.4) is 0 Å². The molecule has 14 heteroatoms. The predicted octanol–water partition coefficient (Wildman–Crippen LogP) is 7.32. The van der Waals surface area contributed by atoms with Gasteiger partial charge in [-0.15, -0.1) is 20.4 Å². The average molecular weight is 699 g/mol. The number of hydrogen-bond acceptors (Lipinski definition) is 11. The molecule has 6 aromatic rings. The molecule has 0 bridgehead atoms. The molecule has 0 saturated heterocycles. The first-order valence-corrected chi connectivity index (χ1v) is 17.7. The molecule has 0 spiro atoms. The Labute approximate surface area is 301 Å². The van der Waals surface area contributed by atoms with Gasteiger partial charge in [-0.25, -0.2) is 0 Å². The number of nitrogens with one attached hydrogen (secondary N) is 2. The van der Waals surface area contributed by atoms with E-state index in [1.165, 1.54) is 38.5 Å². The third-order valence-electron chi connectivity index (χ3n) is 10.4. The molecule has 2 saturated carbocycles. The number of anilines is 3. The van der Waals surface area contributed by atoms with Gasteiger partial charge in [0.1, 0.15) is 5.69 Å². The highest BCUT2D eigenvalue weighted by Gasteiger charge is 2.26.